The van der Waals surface area contributed by atoms with Crippen LogP contribution in [0.15, 0.2) is 48.5 Å². The number of ether oxygens (including phenoxy) is 1. The molecule has 1 fully saturated rings. The third kappa shape index (κ3) is 3.83. The molecular formula is C19H22N2O2. The monoisotopic (exact) mass is 310 g/mol. The highest BCUT2D eigenvalue weighted by Crippen LogP contribution is 2.26. The van der Waals surface area contributed by atoms with Gasteiger partial charge in [-0.15, -0.1) is 0 Å². The topological polar surface area (TPSA) is 50.4 Å². The van der Waals surface area contributed by atoms with E-state index in [4.69, 9.17) is 4.74 Å². The van der Waals surface area contributed by atoms with Gasteiger partial charge >= 0.3 is 0 Å². The minimum absolute atomic E-state index is 0.0205. The number of amides is 1. The molecule has 0 heterocycles. The van der Waals surface area contributed by atoms with Crippen molar-refractivity contribution in [2.75, 3.05) is 12.4 Å². The molecule has 2 N–H and O–H groups in total. The number of carbonyl (C=O) groups excluding carboxylic acids is 1. The molecule has 1 atom stereocenters. The molecule has 0 bridgehead atoms. The van der Waals surface area contributed by atoms with Crippen molar-refractivity contribution in [1.29, 1.82) is 0 Å². The zero-order valence-electron chi connectivity index (χ0n) is 13.5. The van der Waals surface area contributed by atoms with Gasteiger partial charge in [0.1, 0.15) is 11.8 Å². The van der Waals surface area contributed by atoms with Crippen molar-refractivity contribution in [1.82, 2.24) is 5.32 Å². The van der Waals surface area contributed by atoms with Crippen molar-refractivity contribution in [3.05, 3.63) is 59.7 Å². The van der Waals surface area contributed by atoms with Crippen LogP contribution in [0.5, 0.6) is 5.75 Å². The van der Waals surface area contributed by atoms with E-state index >= 15 is 0 Å². The van der Waals surface area contributed by atoms with Crippen LogP contribution in [0.3, 0.4) is 0 Å². The van der Waals surface area contributed by atoms with Gasteiger partial charge in [-0.3, -0.25) is 4.79 Å². The predicted molar refractivity (Wildman–Crippen MR) is 91.7 cm³/mol. The van der Waals surface area contributed by atoms with Crippen LogP contribution in [0.25, 0.3) is 0 Å². The molecule has 0 saturated heterocycles. The average Bonchev–Trinajstić information content (AvgIpc) is 3.37. The highest BCUT2D eigenvalue weighted by molar-refractivity contribution is 5.86. The maximum Gasteiger partial charge on any atom is 0.247 e. The summed E-state index contributed by atoms with van der Waals surface area (Å²) in [5.74, 6) is 0.862. The van der Waals surface area contributed by atoms with E-state index in [2.05, 4.69) is 10.6 Å². The van der Waals surface area contributed by atoms with Gasteiger partial charge in [0.05, 0.1) is 7.11 Å². The smallest absolute Gasteiger partial charge is 0.247 e. The molecule has 4 nitrogen and oxygen atoms in total. The first kappa shape index (κ1) is 15.4. The fourth-order valence-corrected chi connectivity index (χ4v) is 2.59. The van der Waals surface area contributed by atoms with E-state index in [0.717, 1.165) is 35.4 Å². The molecule has 4 heteroatoms. The summed E-state index contributed by atoms with van der Waals surface area (Å²) in [7, 11) is 1.66. The number of aryl methyl sites for hydroxylation is 1. The maximum atomic E-state index is 12.6. The summed E-state index contributed by atoms with van der Waals surface area (Å²) in [5, 5.41) is 6.44. The van der Waals surface area contributed by atoms with Crippen LogP contribution in [0.4, 0.5) is 5.69 Å². The van der Waals surface area contributed by atoms with Gasteiger partial charge in [0, 0.05) is 11.7 Å². The van der Waals surface area contributed by atoms with Crippen LogP contribution in [0.2, 0.25) is 0 Å². The van der Waals surface area contributed by atoms with Crippen LogP contribution < -0.4 is 15.4 Å². The summed E-state index contributed by atoms with van der Waals surface area (Å²) in [6.07, 6.45) is 2.16. The Kier molecular flexibility index (Phi) is 4.51. The van der Waals surface area contributed by atoms with Gasteiger partial charge in [-0.1, -0.05) is 30.3 Å². The molecule has 23 heavy (non-hydrogen) atoms. The molecule has 120 valence electrons. The van der Waals surface area contributed by atoms with Gasteiger partial charge in [0.2, 0.25) is 5.91 Å². The largest absolute Gasteiger partial charge is 0.496 e. The summed E-state index contributed by atoms with van der Waals surface area (Å²) < 4.78 is 5.29. The third-order valence-corrected chi connectivity index (χ3v) is 4.02. The molecule has 2 aromatic carbocycles. The Balaban J connectivity index is 1.83. The van der Waals surface area contributed by atoms with E-state index in [1.807, 2.05) is 55.5 Å². The van der Waals surface area contributed by atoms with Crippen LogP contribution in [-0.2, 0) is 4.79 Å². The fourth-order valence-electron chi connectivity index (χ4n) is 2.59. The Hall–Kier alpha value is -2.49. The van der Waals surface area contributed by atoms with E-state index in [9.17, 15) is 4.79 Å². The van der Waals surface area contributed by atoms with Crippen molar-refractivity contribution in [3.63, 3.8) is 0 Å². The second-order valence-electron chi connectivity index (χ2n) is 5.96. The lowest BCUT2D eigenvalue weighted by Crippen LogP contribution is -2.34. The minimum atomic E-state index is -0.399. The van der Waals surface area contributed by atoms with Crippen molar-refractivity contribution >= 4 is 11.6 Å². The molecule has 2 aromatic rings. The zero-order chi connectivity index (χ0) is 16.2. The lowest BCUT2D eigenvalue weighted by atomic mass is 10.1. The van der Waals surface area contributed by atoms with Crippen LogP contribution in [0.1, 0.15) is 30.0 Å². The van der Waals surface area contributed by atoms with Crippen molar-refractivity contribution in [2.45, 2.75) is 31.8 Å². The summed E-state index contributed by atoms with van der Waals surface area (Å²) in [6.45, 7) is 1.99. The van der Waals surface area contributed by atoms with E-state index in [0.29, 0.717) is 6.04 Å². The first-order chi connectivity index (χ1) is 11.2. The van der Waals surface area contributed by atoms with E-state index in [1.54, 1.807) is 7.11 Å². The van der Waals surface area contributed by atoms with Gasteiger partial charge in [-0.25, -0.2) is 0 Å². The maximum absolute atomic E-state index is 12.6. The number of rotatable bonds is 6. The second-order valence-corrected chi connectivity index (χ2v) is 5.96. The van der Waals surface area contributed by atoms with Crippen LogP contribution in [0, 0.1) is 6.92 Å². The van der Waals surface area contributed by atoms with Gasteiger partial charge in [0.15, 0.2) is 0 Å². The van der Waals surface area contributed by atoms with Crippen LogP contribution in [-0.4, -0.2) is 19.1 Å². The van der Waals surface area contributed by atoms with Gasteiger partial charge in [-0.2, -0.15) is 0 Å². The zero-order valence-corrected chi connectivity index (χ0v) is 13.5. The number of hydrogen-bond donors (Lipinski definition) is 2. The van der Waals surface area contributed by atoms with E-state index in [-0.39, 0.29) is 5.91 Å². The number of nitrogens with one attached hydrogen (secondary N) is 2. The lowest BCUT2D eigenvalue weighted by molar-refractivity contribution is -0.122. The summed E-state index contributed by atoms with van der Waals surface area (Å²) in [4.78, 5) is 12.6. The van der Waals surface area contributed by atoms with Gasteiger partial charge in [-0.05, 0) is 49.1 Å². The predicted octanol–water partition coefficient (Wildman–Crippen LogP) is 3.44. The highest BCUT2D eigenvalue weighted by atomic mass is 16.5. The Morgan fingerprint density at radius 1 is 1.17 bits per heavy atom. The number of hydrogen-bond acceptors (Lipinski definition) is 3. The Morgan fingerprint density at radius 3 is 2.52 bits per heavy atom. The van der Waals surface area contributed by atoms with Gasteiger partial charge in [0.25, 0.3) is 0 Å². The molecule has 1 saturated carbocycles. The van der Waals surface area contributed by atoms with Crippen molar-refractivity contribution < 1.29 is 9.53 Å². The molecular weight excluding hydrogens is 288 g/mol. The minimum Gasteiger partial charge on any atom is -0.496 e. The number of carbonyl (C=O) groups is 1. The quantitative estimate of drug-likeness (QED) is 0.859. The molecule has 0 radical (unpaired) electrons. The van der Waals surface area contributed by atoms with Crippen molar-refractivity contribution in [2.24, 2.45) is 0 Å². The van der Waals surface area contributed by atoms with E-state index < -0.39 is 6.04 Å². The summed E-state index contributed by atoms with van der Waals surface area (Å²) in [5.41, 5.74) is 2.90. The van der Waals surface area contributed by atoms with E-state index in [1.165, 1.54) is 0 Å². The first-order valence-corrected chi connectivity index (χ1v) is 7.94. The average molecular weight is 310 g/mol. The molecule has 0 aliphatic heterocycles. The SMILES string of the molecule is COc1ccc(NC(C(=O)NC2CC2)c2ccccc2)cc1C. The normalized spacial score (nSPS) is 14.9. The van der Waals surface area contributed by atoms with Crippen molar-refractivity contribution in [3.8, 4) is 5.75 Å². The molecule has 3 rings (SSSR count). The Labute approximate surface area is 136 Å². The number of anilines is 1. The molecule has 1 unspecified atom stereocenters. The Bertz CT molecular complexity index is 681. The molecule has 1 amide bonds. The fraction of sp³-hybridized carbons (Fsp3) is 0.316. The first-order valence-electron chi connectivity index (χ1n) is 7.94. The lowest BCUT2D eigenvalue weighted by Gasteiger charge is -2.20. The standard InChI is InChI=1S/C19H22N2O2/c1-13-12-16(10-11-17(13)23-2)20-18(14-6-4-3-5-7-14)19(22)21-15-8-9-15/h3-7,10-12,15,18,20H,8-9H2,1-2H3,(H,21,22). The summed E-state index contributed by atoms with van der Waals surface area (Å²) >= 11 is 0. The summed E-state index contributed by atoms with van der Waals surface area (Å²) in [6, 6.07) is 15.6. The van der Waals surface area contributed by atoms with Crippen LogP contribution >= 0.6 is 0 Å². The Morgan fingerprint density at radius 2 is 1.91 bits per heavy atom. The second kappa shape index (κ2) is 6.73. The molecule has 1 aliphatic carbocycles. The molecule has 0 aromatic heterocycles. The number of benzene rings is 2. The number of methoxy groups -OCH3 is 1. The highest BCUT2D eigenvalue weighted by Gasteiger charge is 2.28. The molecule has 0 spiro atoms. The van der Waals surface area contributed by atoms with Gasteiger partial charge < -0.3 is 15.4 Å². The third-order valence-electron chi connectivity index (χ3n) is 4.02. The molecule has 1 aliphatic rings.